The Bertz CT molecular complexity index is 807. The fourth-order valence-electron chi connectivity index (χ4n) is 4.63. The van der Waals surface area contributed by atoms with Gasteiger partial charge in [0.05, 0.1) is 13.5 Å². The van der Waals surface area contributed by atoms with Crippen molar-refractivity contribution in [1.29, 1.82) is 0 Å². The topological polar surface area (TPSA) is 104 Å². The number of aryl methyl sites for hydroxylation is 1. The van der Waals surface area contributed by atoms with Gasteiger partial charge in [0.25, 0.3) is 0 Å². The molecule has 0 spiro atoms. The zero-order chi connectivity index (χ0) is 30.5. The monoisotopic (exact) mass is 593 g/mol. The van der Waals surface area contributed by atoms with Crippen LogP contribution in [0, 0.1) is 0 Å². The summed E-state index contributed by atoms with van der Waals surface area (Å²) in [4.78, 5) is 35.7. The van der Waals surface area contributed by atoms with E-state index in [1.54, 1.807) is 0 Å². The van der Waals surface area contributed by atoms with Crippen molar-refractivity contribution >= 4 is 18.2 Å². The number of unbranched alkanes of at least 4 members (excludes halogenated alkanes) is 15. The smallest absolute Gasteiger partial charge is 0.462 e. The Balaban J connectivity index is 2.03. The van der Waals surface area contributed by atoms with Crippen LogP contribution in [-0.2, 0) is 30.3 Å². The summed E-state index contributed by atoms with van der Waals surface area (Å²) in [7, 11) is 1.18. The molecule has 0 saturated carbocycles. The summed E-state index contributed by atoms with van der Waals surface area (Å²) in [6.07, 6.45) is 22.9. The van der Waals surface area contributed by atoms with E-state index in [2.05, 4.69) is 17.0 Å². The van der Waals surface area contributed by atoms with Gasteiger partial charge in [-0.1, -0.05) is 109 Å². The van der Waals surface area contributed by atoms with Crippen LogP contribution in [0.25, 0.3) is 0 Å². The summed E-state index contributed by atoms with van der Waals surface area (Å²) in [5.41, 5.74) is 0. The molecule has 1 amide bonds. The number of nitrogens with zero attached hydrogens (tertiary/aromatic N) is 1. The molecule has 1 heterocycles. The molecule has 0 aliphatic carbocycles. The number of aromatic nitrogens is 1. The molecule has 1 rings (SSSR count). The first-order valence-corrected chi connectivity index (χ1v) is 16.3. The van der Waals surface area contributed by atoms with Crippen molar-refractivity contribution in [2.75, 3.05) is 26.9 Å². The third kappa shape index (κ3) is 22.8. The number of pyridine rings is 1. The second-order valence-electron chi connectivity index (χ2n) is 10.9. The number of nitrogens with one attached hydrogen (secondary N) is 1. The minimum Gasteiger partial charge on any atom is -0.462 e. The maximum atomic E-state index is 12.1. The second kappa shape index (κ2) is 27.0. The number of carbonyl (C=O) groups is 3. The van der Waals surface area contributed by atoms with Crippen molar-refractivity contribution in [2.45, 2.75) is 135 Å². The van der Waals surface area contributed by atoms with Crippen molar-refractivity contribution in [1.82, 2.24) is 5.32 Å². The van der Waals surface area contributed by atoms with Crippen LogP contribution in [0.1, 0.15) is 122 Å². The Morgan fingerprint density at radius 2 is 1.21 bits per heavy atom. The molecule has 240 valence electrons. The van der Waals surface area contributed by atoms with Gasteiger partial charge in [0.2, 0.25) is 0 Å². The lowest BCUT2D eigenvalue weighted by molar-refractivity contribution is -0.697. The van der Waals surface area contributed by atoms with E-state index in [0.717, 1.165) is 12.8 Å². The van der Waals surface area contributed by atoms with Crippen LogP contribution in [-0.4, -0.2) is 51.2 Å². The minimum absolute atomic E-state index is 0.216. The maximum Gasteiger partial charge on any atom is 0.508 e. The van der Waals surface area contributed by atoms with Gasteiger partial charge in [-0.3, -0.25) is 4.79 Å². The Labute approximate surface area is 254 Å². The average molecular weight is 594 g/mol. The predicted octanol–water partition coefficient (Wildman–Crippen LogP) is 7.44. The Kier molecular flexibility index (Phi) is 23.9. The van der Waals surface area contributed by atoms with E-state index in [-0.39, 0.29) is 19.6 Å². The lowest BCUT2D eigenvalue weighted by Crippen LogP contribution is -2.34. The largest absolute Gasteiger partial charge is 0.508 e. The van der Waals surface area contributed by atoms with Crippen LogP contribution >= 0.6 is 0 Å². The van der Waals surface area contributed by atoms with Gasteiger partial charge in [0.15, 0.2) is 18.5 Å². The first kappa shape index (κ1) is 37.2. The molecule has 9 nitrogen and oxygen atoms in total. The van der Waals surface area contributed by atoms with Gasteiger partial charge in [0.1, 0.15) is 19.8 Å². The molecule has 0 fully saturated rings. The number of amides is 1. The predicted molar refractivity (Wildman–Crippen MR) is 163 cm³/mol. The molecular weight excluding hydrogens is 536 g/mol. The van der Waals surface area contributed by atoms with Crippen molar-refractivity contribution in [2.24, 2.45) is 0 Å². The van der Waals surface area contributed by atoms with E-state index in [1.165, 1.54) is 97.0 Å². The summed E-state index contributed by atoms with van der Waals surface area (Å²) < 4.78 is 22.0. The highest BCUT2D eigenvalue weighted by atomic mass is 16.7. The third-order valence-corrected chi connectivity index (χ3v) is 7.13. The van der Waals surface area contributed by atoms with Crippen LogP contribution in [0.2, 0.25) is 0 Å². The zero-order valence-corrected chi connectivity index (χ0v) is 26.3. The number of ether oxygens (including phenoxy) is 4. The average Bonchev–Trinajstić information content (AvgIpc) is 3.00. The zero-order valence-electron chi connectivity index (χ0n) is 26.3. The number of rotatable bonds is 26. The molecule has 1 aromatic rings. The normalized spacial score (nSPS) is 11.5. The molecule has 9 heteroatoms. The van der Waals surface area contributed by atoms with Gasteiger partial charge < -0.3 is 24.3 Å². The summed E-state index contributed by atoms with van der Waals surface area (Å²) >= 11 is 0. The van der Waals surface area contributed by atoms with E-state index < -0.39 is 24.3 Å². The third-order valence-electron chi connectivity index (χ3n) is 7.13. The summed E-state index contributed by atoms with van der Waals surface area (Å²) in [5.74, 6) is -0.419. The second-order valence-corrected chi connectivity index (χ2v) is 10.9. The van der Waals surface area contributed by atoms with Crippen LogP contribution in [0.15, 0.2) is 30.6 Å². The van der Waals surface area contributed by atoms with Crippen molar-refractivity contribution in [3.63, 3.8) is 0 Å². The molecule has 0 unspecified atom stereocenters. The van der Waals surface area contributed by atoms with Crippen LogP contribution in [0.5, 0.6) is 0 Å². The van der Waals surface area contributed by atoms with Crippen LogP contribution in [0.4, 0.5) is 9.59 Å². The molecule has 1 N–H and O–H groups in total. The minimum atomic E-state index is -0.953. The first-order valence-electron chi connectivity index (χ1n) is 16.3. The van der Waals surface area contributed by atoms with Gasteiger partial charge in [-0.15, -0.1) is 0 Å². The standard InChI is InChI=1S/C33H56N2O7/c1-3-4-5-6-7-8-9-10-11-12-13-14-15-16-17-19-24-34-32(37)41-29-30(42-33(38)39-2)28-40-31(36)23-22-27-35-25-20-18-21-26-35/h18,20-21,25-26,30H,3-17,19,22-24,27-29H2,1-2H3/p+1/t30-/m0/s1. The lowest BCUT2D eigenvalue weighted by atomic mass is 10.0. The number of alkyl carbamates (subject to hydrolysis) is 1. The van der Waals surface area contributed by atoms with E-state index in [1.807, 2.05) is 35.2 Å². The van der Waals surface area contributed by atoms with E-state index in [0.29, 0.717) is 19.5 Å². The van der Waals surface area contributed by atoms with E-state index in [9.17, 15) is 14.4 Å². The summed E-state index contributed by atoms with van der Waals surface area (Å²) in [6, 6.07) is 5.77. The number of hydrogen-bond donors (Lipinski definition) is 1. The molecule has 42 heavy (non-hydrogen) atoms. The van der Waals surface area contributed by atoms with Crippen molar-refractivity contribution in [3.05, 3.63) is 30.6 Å². The van der Waals surface area contributed by atoms with Crippen LogP contribution < -0.4 is 9.88 Å². The Morgan fingerprint density at radius 1 is 0.690 bits per heavy atom. The van der Waals surface area contributed by atoms with Crippen molar-refractivity contribution in [3.8, 4) is 0 Å². The highest BCUT2D eigenvalue weighted by Crippen LogP contribution is 2.13. The first-order chi connectivity index (χ1) is 20.5. The van der Waals surface area contributed by atoms with Gasteiger partial charge in [0, 0.05) is 25.1 Å². The van der Waals surface area contributed by atoms with E-state index in [4.69, 9.17) is 14.2 Å². The van der Waals surface area contributed by atoms with Crippen molar-refractivity contribution < 1.29 is 37.9 Å². The molecule has 0 aliphatic rings. The number of hydrogen-bond acceptors (Lipinski definition) is 7. The number of methoxy groups -OCH3 is 1. The fourth-order valence-corrected chi connectivity index (χ4v) is 4.63. The highest BCUT2D eigenvalue weighted by molar-refractivity contribution is 5.69. The fraction of sp³-hybridized carbons (Fsp3) is 0.758. The molecule has 0 saturated heterocycles. The van der Waals surface area contributed by atoms with Gasteiger partial charge in [-0.05, 0) is 6.42 Å². The summed E-state index contributed by atoms with van der Waals surface area (Å²) in [6.45, 7) is 3.00. The van der Waals surface area contributed by atoms with E-state index >= 15 is 0 Å². The molecular formula is C33H57N2O7+. The van der Waals surface area contributed by atoms with Crippen LogP contribution in [0.3, 0.4) is 0 Å². The molecule has 0 radical (unpaired) electrons. The maximum absolute atomic E-state index is 12.1. The summed E-state index contributed by atoms with van der Waals surface area (Å²) in [5, 5.41) is 2.72. The molecule has 1 aromatic heterocycles. The molecule has 1 atom stereocenters. The van der Waals surface area contributed by atoms with Gasteiger partial charge >= 0.3 is 18.2 Å². The lowest BCUT2D eigenvalue weighted by Gasteiger charge is -2.17. The quantitative estimate of drug-likeness (QED) is 0.0515. The molecule has 0 bridgehead atoms. The van der Waals surface area contributed by atoms with Gasteiger partial charge in [-0.2, -0.15) is 0 Å². The molecule has 0 aromatic carbocycles. The highest BCUT2D eigenvalue weighted by Gasteiger charge is 2.20. The molecule has 0 aliphatic heterocycles. The van der Waals surface area contributed by atoms with Gasteiger partial charge in [-0.25, -0.2) is 14.2 Å². The number of carbonyl (C=O) groups excluding carboxylic acids is 3. The SMILES string of the molecule is CCCCCCCCCCCCCCCCCCNC(=O)OC[C@H](COC(=O)CCC[n+]1ccccc1)OC(=O)OC. The Hall–Kier alpha value is -2.84. The number of esters is 1. The Morgan fingerprint density at radius 3 is 1.76 bits per heavy atom.